The lowest BCUT2D eigenvalue weighted by molar-refractivity contribution is -0.150. The van der Waals surface area contributed by atoms with Crippen molar-refractivity contribution >= 4 is 11.9 Å². The summed E-state index contributed by atoms with van der Waals surface area (Å²) in [6, 6.07) is 0. The molecule has 1 atom stereocenters. The lowest BCUT2D eigenvalue weighted by Gasteiger charge is -2.18. The van der Waals surface area contributed by atoms with Crippen LogP contribution < -0.4 is 0 Å². The van der Waals surface area contributed by atoms with Gasteiger partial charge >= 0.3 is 11.9 Å². The first-order chi connectivity index (χ1) is 23.6. The van der Waals surface area contributed by atoms with Crippen molar-refractivity contribution in [1.82, 2.24) is 0 Å². The second kappa shape index (κ2) is 40.1. The fourth-order valence-electron chi connectivity index (χ4n) is 6.77. The van der Waals surface area contributed by atoms with Gasteiger partial charge in [-0.15, -0.1) is 0 Å². The van der Waals surface area contributed by atoms with Crippen LogP contribution in [0, 0.1) is 0 Å². The molecule has 0 aliphatic rings. The van der Waals surface area contributed by atoms with Gasteiger partial charge in [0, 0.05) is 12.8 Å². The van der Waals surface area contributed by atoms with E-state index in [1.807, 2.05) is 0 Å². The van der Waals surface area contributed by atoms with Crippen molar-refractivity contribution < 1.29 is 19.4 Å². The number of hydrogen-bond acceptors (Lipinski definition) is 3. The highest BCUT2D eigenvalue weighted by Gasteiger charge is 2.14. The third-order valence-electron chi connectivity index (χ3n) is 9.99. The molecule has 4 nitrogen and oxygen atoms in total. The molecule has 0 heterocycles. The number of hydrogen-bond donors (Lipinski definition) is 1. The summed E-state index contributed by atoms with van der Waals surface area (Å²) in [4.78, 5) is 23.5. The van der Waals surface area contributed by atoms with E-state index in [2.05, 4.69) is 26.0 Å². The monoisotopic (exact) mass is 677 g/mol. The van der Waals surface area contributed by atoms with E-state index in [1.54, 1.807) is 0 Å². The van der Waals surface area contributed by atoms with Gasteiger partial charge in [-0.1, -0.05) is 187 Å². The van der Waals surface area contributed by atoms with E-state index in [4.69, 9.17) is 9.84 Å². The van der Waals surface area contributed by atoms with Crippen LogP contribution in [0.5, 0.6) is 0 Å². The molecular formula is C44H84O4. The Bertz CT molecular complexity index is 687. The van der Waals surface area contributed by atoms with E-state index in [-0.39, 0.29) is 18.5 Å². The molecule has 0 aromatic carbocycles. The minimum atomic E-state index is -0.739. The van der Waals surface area contributed by atoms with Crippen molar-refractivity contribution in [2.75, 3.05) is 0 Å². The van der Waals surface area contributed by atoms with Gasteiger partial charge in [-0.25, -0.2) is 0 Å². The van der Waals surface area contributed by atoms with Gasteiger partial charge in [-0.05, 0) is 64.2 Å². The van der Waals surface area contributed by atoms with Gasteiger partial charge in [0.2, 0.25) is 0 Å². The normalized spacial score (nSPS) is 12.2. The number of esters is 1. The van der Waals surface area contributed by atoms with Gasteiger partial charge in [0.25, 0.3) is 0 Å². The van der Waals surface area contributed by atoms with Crippen LogP contribution in [0.3, 0.4) is 0 Å². The Labute approximate surface area is 300 Å². The maximum Gasteiger partial charge on any atom is 0.306 e. The van der Waals surface area contributed by atoms with E-state index in [1.165, 1.54) is 180 Å². The number of rotatable bonds is 40. The van der Waals surface area contributed by atoms with Crippen molar-refractivity contribution in [3.8, 4) is 0 Å². The lowest BCUT2D eigenvalue weighted by Crippen LogP contribution is -2.18. The van der Waals surface area contributed by atoms with Gasteiger partial charge in [-0.2, -0.15) is 0 Å². The summed E-state index contributed by atoms with van der Waals surface area (Å²) >= 11 is 0. The molecule has 0 bridgehead atoms. The number of allylic oxidation sites excluding steroid dienone is 2. The van der Waals surface area contributed by atoms with Crippen LogP contribution in [-0.4, -0.2) is 23.1 Å². The molecule has 0 amide bonds. The summed E-state index contributed by atoms with van der Waals surface area (Å²) in [5.74, 6) is -0.789. The summed E-state index contributed by atoms with van der Waals surface area (Å²) in [5, 5.41) is 8.96. The predicted molar refractivity (Wildman–Crippen MR) is 209 cm³/mol. The molecule has 0 fully saturated rings. The molecule has 0 aliphatic carbocycles. The molecule has 1 N–H and O–H groups in total. The second-order valence-corrected chi connectivity index (χ2v) is 14.9. The highest BCUT2D eigenvalue weighted by molar-refractivity contribution is 5.69. The number of carboxylic acid groups (broad SMARTS) is 1. The van der Waals surface area contributed by atoms with E-state index in [0.717, 1.165) is 38.5 Å². The molecule has 4 heteroatoms. The number of aliphatic carboxylic acids is 1. The van der Waals surface area contributed by atoms with Gasteiger partial charge in [0.05, 0.1) is 0 Å². The zero-order valence-corrected chi connectivity index (χ0v) is 32.6. The Morgan fingerprint density at radius 2 is 0.750 bits per heavy atom. The van der Waals surface area contributed by atoms with Crippen LogP contribution in [0.2, 0.25) is 0 Å². The van der Waals surface area contributed by atoms with Crippen molar-refractivity contribution in [1.29, 1.82) is 0 Å². The summed E-state index contributed by atoms with van der Waals surface area (Å²) in [7, 11) is 0. The fourth-order valence-corrected chi connectivity index (χ4v) is 6.77. The topological polar surface area (TPSA) is 63.6 Å². The zero-order chi connectivity index (χ0) is 35.0. The quantitative estimate of drug-likeness (QED) is 0.0398. The average molecular weight is 677 g/mol. The highest BCUT2D eigenvalue weighted by Crippen LogP contribution is 2.19. The smallest absolute Gasteiger partial charge is 0.306 e. The summed E-state index contributed by atoms with van der Waals surface area (Å²) in [6.07, 6.45) is 49.5. The SMILES string of the molecule is CCCCCCCC/C=C\CCCCCCCCCCCCCC(=O)OC(CCCCCCCCCCCCCC)CCCCC(=O)O. The van der Waals surface area contributed by atoms with Crippen LogP contribution in [0.25, 0.3) is 0 Å². The van der Waals surface area contributed by atoms with Crippen LogP contribution in [0.4, 0.5) is 0 Å². The first-order valence-corrected chi connectivity index (χ1v) is 21.7. The Hall–Kier alpha value is -1.32. The Balaban J connectivity index is 3.75. The molecule has 0 aromatic rings. The Kier molecular flexibility index (Phi) is 39.0. The Morgan fingerprint density at radius 1 is 0.438 bits per heavy atom. The molecule has 0 aliphatic heterocycles. The molecule has 284 valence electrons. The number of unbranched alkanes of at least 4 members (excludes halogenated alkanes) is 29. The molecular weight excluding hydrogens is 592 g/mol. The first kappa shape index (κ1) is 46.7. The molecule has 0 aromatic heterocycles. The Morgan fingerprint density at radius 3 is 1.15 bits per heavy atom. The fraction of sp³-hybridized carbons (Fsp3) is 0.909. The molecule has 0 rings (SSSR count). The minimum absolute atomic E-state index is 0.0409. The van der Waals surface area contributed by atoms with Gasteiger partial charge in [0.1, 0.15) is 6.10 Å². The molecule has 0 spiro atoms. The molecule has 0 radical (unpaired) electrons. The number of carbonyl (C=O) groups is 2. The average Bonchev–Trinajstić information content (AvgIpc) is 3.07. The van der Waals surface area contributed by atoms with Crippen LogP contribution >= 0.6 is 0 Å². The maximum atomic E-state index is 12.6. The van der Waals surface area contributed by atoms with Crippen LogP contribution in [-0.2, 0) is 14.3 Å². The maximum absolute atomic E-state index is 12.6. The molecule has 1 unspecified atom stereocenters. The lowest BCUT2D eigenvalue weighted by atomic mass is 10.0. The third kappa shape index (κ3) is 39.1. The predicted octanol–water partition coefficient (Wildman–Crippen LogP) is 15.0. The minimum Gasteiger partial charge on any atom is -0.481 e. The first-order valence-electron chi connectivity index (χ1n) is 21.7. The van der Waals surface area contributed by atoms with Crippen LogP contribution in [0.15, 0.2) is 12.2 Å². The highest BCUT2D eigenvalue weighted by atomic mass is 16.5. The van der Waals surface area contributed by atoms with Crippen molar-refractivity contribution in [2.24, 2.45) is 0 Å². The zero-order valence-electron chi connectivity index (χ0n) is 32.6. The third-order valence-corrected chi connectivity index (χ3v) is 9.99. The van der Waals surface area contributed by atoms with Crippen LogP contribution in [0.1, 0.15) is 251 Å². The molecule has 0 saturated heterocycles. The summed E-state index contributed by atoms with van der Waals surface area (Å²) in [5.41, 5.74) is 0. The van der Waals surface area contributed by atoms with E-state index < -0.39 is 5.97 Å². The van der Waals surface area contributed by atoms with E-state index in [0.29, 0.717) is 12.8 Å². The van der Waals surface area contributed by atoms with Crippen molar-refractivity contribution in [3.63, 3.8) is 0 Å². The van der Waals surface area contributed by atoms with Gasteiger partial charge in [0.15, 0.2) is 0 Å². The summed E-state index contributed by atoms with van der Waals surface area (Å²) < 4.78 is 5.91. The largest absolute Gasteiger partial charge is 0.481 e. The van der Waals surface area contributed by atoms with E-state index >= 15 is 0 Å². The van der Waals surface area contributed by atoms with Gasteiger partial charge < -0.3 is 9.84 Å². The van der Waals surface area contributed by atoms with Crippen molar-refractivity contribution in [2.45, 2.75) is 258 Å². The van der Waals surface area contributed by atoms with Gasteiger partial charge in [-0.3, -0.25) is 9.59 Å². The van der Waals surface area contributed by atoms with Crippen molar-refractivity contribution in [3.05, 3.63) is 12.2 Å². The van der Waals surface area contributed by atoms with E-state index in [9.17, 15) is 9.59 Å². The number of ether oxygens (including phenoxy) is 1. The standard InChI is InChI=1S/C44H84O4/c1-3-5-7-9-11-13-15-17-18-19-20-21-22-23-24-25-27-29-31-33-35-41-44(47)48-42(39-36-37-40-43(45)46)38-34-32-30-28-26-16-14-12-10-8-6-4-2/h17-18,42H,3-16,19-41H2,1-2H3,(H,45,46)/b18-17-. The number of carboxylic acids is 1. The second-order valence-electron chi connectivity index (χ2n) is 14.9. The molecule has 0 saturated carbocycles. The number of carbonyl (C=O) groups excluding carboxylic acids is 1. The molecule has 48 heavy (non-hydrogen) atoms. The summed E-state index contributed by atoms with van der Waals surface area (Å²) in [6.45, 7) is 4.55.